The van der Waals surface area contributed by atoms with Crippen LogP contribution in [0.3, 0.4) is 0 Å². The van der Waals surface area contributed by atoms with E-state index >= 15 is 0 Å². The maximum absolute atomic E-state index is 13.9. The van der Waals surface area contributed by atoms with Crippen molar-refractivity contribution >= 4 is 21.8 Å². The minimum Gasteiger partial charge on any atom is -0.335 e. The number of nitrogens with zero attached hydrogens (tertiary/aromatic N) is 2. The summed E-state index contributed by atoms with van der Waals surface area (Å²) in [5.74, 6) is -0.102. The summed E-state index contributed by atoms with van der Waals surface area (Å²) in [4.78, 5) is 28.2. The Balaban J connectivity index is 1.52. The van der Waals surface area contributed by atoms with Crippen LogP contribution >= 0.6 is 15.9 Å². The highest BCUT2D eigenvalue weighted by atomic mass is 79.9. The molecule has 4 rings (SSSR count). The molecular weight excluding hydrogens is 532 g/mol. The third-order valence-electron chi connectivity index (χ3n) is 7.33. The van der Waals surface area contributed by atoms with Gasteiger partial charge in [0, 0.05) is 42.9 Å². The van der Waals surface area contributed by atoms with Gasteiger partial charge in [-0.3, -0.25) is 9.59 Å². The van der Waals surface area contributed by atoms with Crippen molar-refractivity contribution in [2.45, 2.75) is 64.1 Å². The van der Waals surface area contributed by atoms with Gasteiger partial charge in [0.1, 0.15) is 0 Å². The number of rotatable bonds is 10. The Morgan fingerprint density at radius 3 is 2.75 bits per heavy atom. The Labute approximate surface area is 219 Å². The average Bonchev–Trinajstić information content (AvgIpc) is 3.69. The number of nitrogens with one attached hydrogen (secondary N) is 1. The molecule has 1 saturated carbocycles. The van der Waals surface area contributed by atoms with Gasteiger partial charge in [-0.15, -0.1) is 0 Å². The smallest absolute Gasteiger partial charge is 0.335 e. The molecule has 0 bridgehead atoms. The molecule has 2 aromatic rings. The van der Waals surface area contributed by atoms with E-state index in [2.05, 4.69) is 38.1 Å². The van der Waals surface area contributed by atoms with Crippen LogP contribution in [0.25, 0.3) is 0 Å². The number of amides is 1. The quantitative estimate of drug-likeness (QED) is 0.430. The molecule has 1 aliphatic carbocycles. The van der Waals surface area contributed by atoms with Gasteiger partial charge in [-0.25, -0.2) is 0 Å². The first-order chi connectivity index (χ1) is 17.2. The predicted molar refractivity (Wildman–Crippen MR) is 138 cm³/mol. The first kappa shape index (κ1) is 26.9. The Morgan fingerprint density at radius 1 is 1.28 bits per heavy atom. The van der Waals surface area contributed by atoms with Crippen LogP contribution in [0.4, 0.5) is 8.78 Å². The number of hydrogen-bond donors (Lipinski definition) is 1. The number of carbonyl (C=O) groups is 1. The number of carbonyl (C=O) groups excluding carboxylic acids is 1. The van der Waals surface area contributed by atoms with Gasteiger partial charge in [0.15, 0.2) is 0 Å². The third-order valence-corrected chi connectivity index (χ3v) is 8.15. The average molecular weight is 566 g/mol. The number of piperidine rings is 1. The second kappa shape index (κ2) is 12.0. The van der Waals surface area contributed by atoms with Crippen LogP contribution in [0.15, 0.2) is 39.7 Å². The lowest BCUT2D eigenvalue weighted by atomic mass is 9.80. The molecule has 1 aliphatic heterocycles. The van der Waals surface area contributed by atoms with E-state index < -0.39 is 6.61 Å². The van der Waals surface area contributed by atoms with Crippen molar-refractivity contribution < 1.29 is 18.3 Å². The van der Waals surface area contributed by atoms with Gasteiger partial charge < -0.3 is 19.5 Å². The molecule has 36 heavy (non-hydrogen) atoms. The highest BCUT2D eigenvalue weighted by molar-refractivity contribution is 9.10. The maximum atomic E-state index is 13.9. The largest absolute Gasteiger partial charge is 0.345 e. The van der Waals surface area contributed by atoms with E-state index in [0.717, 1.165) is 52.5 Å². The summed E-state index contributed by atoms with van der Waals surface area (Å²) in [7, 11) is 1.73. The summed E-state index contributed by atoms with van der Waals surface area (Å²) in [6.07, 6.45) is 5.69. The minimum absolute atomic E-state index is 0.00375. The van der Waals surface area contributed by atoms with E-state index in [9.17, 15) is 18.4 Å². The molecule has 2 fully saturated rings. The van der Waals surface area contributed by atoms with Gasteiger partial charge >= 0.3 is 6.61 Å². The predicted octanol–water partition coefficient (Wildman–Crippen LogP) is 4.51. The van der Waals surface area contributed by atoms with Gasteiger partial charge in [0.25, 0.3) is 5.56 Å². The SMILES string of the molecule is Cc1c(Br)cc(CN(C(=O)[C@H]2CNCCC2c2ccn(C)c(=O)c2)C2CC2)cc1CCCOC(F)F. The lowest BCUT2D eigenvalue weighted by Gasteiger charge is -2.36. The first-order valence-corrected chi connectivity index (χ1v) is 13.4. The summed E-state index contributed by atoms with van der Waals surface area (Å²) in [6.45, 7) is 1.17. The highest BCUT2D eigenvalue weighted by Crippen LogP contribution is 2.36. The summed E-state index contributed by atoms with van der Waals surface area (Å²) < 4.78 is 31.5. The van der Waals surface area contributed by atoms with Crippen molar-refractivity contribution in [2.24, 2.45) is 13.0 Å². The van der Waals surface area contributed by atoms with Crippen molar-refractivity contribution in [3.8, 4) is 0 Å². The lowest BCUT2D eigenvalue weighted by molar-refractivity contribution is -0.138. The Bertz CT molecular complexity index is 1140. The molecule has 0 radical (unpaired) electrons. The summed E-state index contributed by atoms with van der Waals surface area (Å²) >= 11 is 3.64. The maximum Gasteiger partial charge on any atom is 0.345 e. The van der Waals surface area contributed by atoms with Crippen molar-refractivity contribution in [3.05, 3.63) is 67.5 Å². The molecule has 1 aromatic heterocycles. The molecule has 2 atom stereocenters. The molecule has 2 heterocycles. The van der Waals surface area contributed by atoms with Gasteiger partial charge in [-0.05, 0) is 85.9 Å². The molecule has 1 amide bonds. The summed E-state index contributed by atoms with van der Waals surface area (Å²) in [6, 6.07) is 7.99. The fourth-order valence-electron chi connectivity index (χ4n) is 5.08. The Morgan fingerprint density at radius 2 is 2.06 bits per heavy atom. The molecule has 0 spiro atoms. The number of alkyl halides is 2. The van der Waals surface area contributed by atoms with Crippen molar-refractivity contribution in [1.29, 1.82) is 0 Å². The van der Waals surface area contributed by atoms with Crippen LogP contribution in [-0.2, 0) is 29.5 Å². The number of halogens is 3. The van der Waals surface area contributed by atoms with Crippen molar-refractivity contribution in [1.82, 2.24) is 14.8 Å². The van der Waals surface area contributed by atoms with Gasteiger partial charge in [0.05, 0.1) is 12.5 Å². The molecule has 2 aliphatic rings. The molecule has 9 heteroatoms. The van der Waals surface area contributed by atoms with Gasteiger partial charge in [-0.1, -0.05) is 22.0 Å². The Kier molecular flexibility index (Phi) is 8.96. The Hall–Kier alpha value is -2.10. The number of hydrogen-bond acceptors (Lipinski definition) is 4. The fraction of sp³-hybridized carbons (Fsp3) is 0.556. The second-order valence-corrected chi connectivity index (χ2v) is 10.8. The monoisotopic (exact) mass is 565 g/mol. The van der Waals surface area contributed by atoms with Gasteiger partial charge in [-0.2, -0.15) is 8.78 Å². The van der Waals surface area contributed by atoms with E-state index in [-0.39, 0.29) is 36.0 Å². The third kappa shape index (κ3) is 6.61. The number of ether oxygens (including phenoxy) is 1. The van der Waals surface area contributed by atoms with Crippen molar-refractivity contribution in [2.75, 3.05) is 19.7 Å². The van der Waals surface area contributed by atoms with Crippen LogP contribution in [0.5, 0.6) is 0 Å². The molecular formula is C27H34BrF2N3O3. The lowest BCUT2D eigenvalue weighted by Crippen LogP contribution is -2.47. The number of benzene rings is 1. The zero-order valence-corrected chi connectivity index (χ0v) is 22.4. The molecule has 1 N–H and O–H groups in total. The molecule has 1 aromatic carbocycles. The van der Waals surface area contributed by atoms with E-state index in [1.165, 1.54) is 0 Å². The summed E-state index contributed by atoms with van der Waals surface area (Å²) in [5.41, 5.74) is 4.03. The zero-order chi connectivity index (χ0) is 25.8. The van der Waals surface area contributed by atoms with Crippen LogP contribution < -0.4 is 10.9 Å². The van der Waals surface area contributed by atoms with E-state index in [1.54, 1.807) is 23.9 Å². The van der Waals surface area contributed by atoms with Crippen LogP contribution in [0, 0.1) is 12.8 Å². The minimum atomic E-state index is -2.75. The number of aryl methyl sites for hydroxylation is 2. The van der Waals surface area contributed by atoms with Crippen LogP contribution in [0.2, 0.25) is 0 Å². The topological polar surface area (TPSA) is 63.6 Å². The van der Waals surface area contributed by atoms with Gasteiger partial charge in [0.2, 0.25) is 5.91 Å². The molecule has 1 saturated heterocycles. The highest BCUT2D eigenvalue weighted by Gasteiger charge is 2.40. The standard InChI is InChI=1S/C27H34BrF2N3O3/c1-17-19(4-3-11-36-27(29)30)12-18(13-24(17)28)16-33(21-5-6-21)26(35)23-15-31-9-7-22(23)20-8-10-32(2)25(34)14-20/h8,10,12-14,21-23,27,31H,3-7,9,11,15-16H2,1-2H3/t22?,23-/m0/s1. The zero-order valence-electron chi connectivity index (χ0n) is 20.8. The van der Waals surface area contributed by atoms with Crippen LogP contribution in [0.1, 0.15) is 53.9 Å². The first-order valence-electron chi connectivity index (χ1n) is 12.6. The van der Waals surface area contributed by atoms with E-state index in [4.69, 9.17) is 0 Å². The van der Waals surface area contributed by atoms with Crippen molar-refractivity contribution in [3.63, 3.8) is 0 Å². The molecule has 6 nitrogen and oxygen atoms in total. The number of aromatic nitrogens is 1. The van der Waals surface area contributed by atoms with E-state index in [0.29, 0.717) is 25.9 Å². The summed E-state index contributed by atoms with van der Waals surface area (Å²) in [5, 5.41) is 3.38. The molecule has 196 valence electrons. The second-order valence-electron chi connectivity index (χ2n) is 9.91. The fourth-order valence-corrected chi connectivity index (χ4v) is 5.63. The molecule has 1 unspecified atom stereocenters. The number of pyridine rings is 1. The van der Waals surface area contributed by atoms with Crippen LogP contribution in [-0.4, -0.2) is 47.7 Å². The normalized spacial score (nSPS) is 20.1. The van der Waals surface area contributed by atoms with E-state index in [1.807, 2.05) is 17.9 Å².